The summed E-state index contributed by atoms with van der Waals surface area (Å²) in [5.41, 5.74) is 1.50. The molecule has 0 amide bonds. The number of halogens is 1. The molecule has 1 atom stereocenters. The molecule has 1 unspecified atom stereocenters. The van der Waals surface area contributed by atoms with Gasteiger partial charge in [0.15, 0.2) is 5.96 Å². The predicted octanol–water partition coefficient (Wildman–Crippen LogP) is 3.11. The molecule has 0 aromatic heterocycles. The summed E-state index contributed by atoms with van der Waals surface area (Å²) in [6, 6.07) is 5.85. The molecule has 3 aliphatic rings. The van der Waals surface area contributed by atoms with Gasteiger partial charge < -0.3 is 25.5 Å². The molecule has 0 radical (unpaired) electrons. The van der Waals surface area contributed by atoms with Crippen molar-refractivity contribution in [1.29, 1.82) is 0 Å². The summed E-state index contributed by atoms with van der Waals surface area (Å²) in [5, 5.41) is 16.6. The Balaban J connectivity index is 1.30. The standard InChI is InChI=1S/C25H40FN5O/c1-2-27-25(29-21-9-12-30(18-21)17-19-5-3-4-6-19)28-16-20-7-8-24(23(26)15-20)31-13-10-22(32)11-14-31/h7-8,15,19,21-22,32H,2-6,9-14,16-18H2,1H3,(H2,27,28,29). The number of nitrogens with zero attached hydrogens (tertiary/aromatic N) is 3. The molecule has 7 heteroatoms. The molecule has 2 aliphatic heterocycles. The number of guanidine groups is 1. The summed E-state index contributed by atoms with van der Waals surface area (Å²) >= 11 is 0. The van der Waals surface area contributed by atoms with Crippen LogP contribution in [0, 0.1) is 11.7 Å². The number of aliphatic hydroxyl groups is 1. The first kappa shape index (κ1) is 23.3. The number of rotatable bonds is 7. The van der Waals surface area contributed by atoms with E-state index in [1.165, 1.54) is 32.2 Å². The molecule has 2 saturated heterocycles. The fourth-order valence-electron chi connectivity index (χ4n) is 5.37. The molecule has 3 fully saturated rings. The van der Waals surface area contributed by atoms with Crippen molar-refractivity contribution in [3.8, 4) is 0 Å². The highest BCUT2D eigenvalue weighted by Gasteiger charge is 2.26. The van der Waals surface area contributed by atoms with Gasteiger partial charge in [-0.3, -0.25) is 0 Å². The smallest absolute Gasteiger partial charge is 0.191 e. The Labute approximate surface area is 192 Å². The van der Waals surface area contributed by atoms with Crippen molar-refractivity contribution in [3.63, 3.8) is 0 Å². The van der Waals surface area contributed by atoms with Crippen molar-refractivity contribution in [2.45, 2.75) is 70.6 Å². The predicted molar refractivity (Wildman–Crippen MR) is 129 cm³/mol. The molecular formula is C25H40FN5O. The third-order valence-corrected chi connectivity index (χ3v) is 7.19. The first-order chi connectivity index (χ1) is 15.6. The number of nitrogens with one attached hydrogen (secondary N) is 2. The summed E-state index contributed by atoms with van der Waals surface area (Å²) in [6.07, 6.45) is 7.88. The van der Waals surface area contributed by atoms with Crippen molar-refractivity contribution < 1.29 is 9.50 Å². The van der Waals surface area contributed by atoms with Crippen LogP contribution < -0.4 is 15.5 Å². The Bertz CT molecular complexity index is 759. The van der Waals surface area contributed by atoms with Crippen molar-refractivity contribution in [2.24, 2.45) is 10.9 Å². The minimum atomic E-state index is -0.255. The third-order valence-electron chi connectivity index (χ3n) is 7.19. The van der Waals surface area contributed by atoms with Crippen LogP contribution in [0.2, 0.25) is 0 Å². The van der Waals surface area contributed by atoms with Gasteiger partial charge in [-0.25, -0.2) is 9.38 Å². The van der Waals surface area contributed by atoms with Crippen molar-refractivity contribution in [3.05, 3.63) is 29.6 Å². The van der Waals surface area contributed by atoms with Gasteiger partial charge in [-0.2, -0.15) is 0 Å². The van der Waals surface area contributed by atoms with Crippen LogP contribution >= 0.6 is 0 Å². The van der Waals surface area contributed by atoms with Crippen molar-refractivity contribution in [1.82, 2.24) is 15.5 Å². The van der Waals surface area contributed by atoms with Gasteiger partial charge in [0.05, 0.1) is 18.3 Å². The highest BCUT2D eigenvalue weighted by Crippen LogP contribution is 2.27. The highest BCUT2D eigenvalue weighted by molar-refractivity contribution is 5.80. The van der Waals surface area contributed by atoms with Crippen molar-refractivity contribution >= 4 is 11.6 Å². The zero-order valence-corrected chi connectivity index (χ0v) is 19.5. The summed E-state index contributed by atoms with van der Waals surface area (Å²) in [4.78, 5) is 9.36. The Morgan fingerprint density at radius 1 is 1.12 bits per heavy atom. The van der Waals surface area contributed by atoms with E-state index in [0.29, 0.717) is 44.2 Å². The topological polar surface area (TPSA) is 63.1 Å². The summed E-state index contributed by atoms with van der Waals surface area (Å²) in [7, 11) is 0. The van der Waals surface area contributed by atoms with Crippen LogP contribution in [-0.4, -0.2) is 67.4 Å². The van der Waals surface area contributed by atoms with Crippen LogP contribution in [0.25, 0.3) is 0 Å². The summed E-state index contributed by atoms with van der Waals surface area (Å²) in [5.74, 6) is 1.50. The molecule has 2 heterocycles. The number of aliphatic hydroxyl groups excluding tert-OH is 1. The van der Waals surface area contributed by atoms with Crippen LogP contribution in [0.5, 0.6) is 0 Å². The molecule has 178 valence electrons. The second-order valence-electron chi connectivity index (χ2n) is 9.74. The minimum absolute atomic E-state index is 0.203. The van der Waals surface area contributed by atoms with Gasteiger partial charge in [-0.1, -0.05) is 18.9 Å². The van der Waals surface area contributed by atoms with E-state index in [0.717, 1.165) is 43.5 Å². The van der Waals surface area contributed by atoms with E-state index in [4.69, 9.17) is 4.99 Å². The van der Waals surface area contributed by atoms with Crippen LogP contribution in [0.1, 0.15) is 57.4 Å². The zero-order valence-electron chi connectivity index (χ0n) is 19.5. The fraction of sp³-hybridized carbons (Fsp3) is 0.720. The number of piperidine rings is 1. The van der Waals surface area contributed by atoms with Crippen LogP contribution in [0.4, 0.5) is 10.1 Å². The van der Waals surface area contributed by atoms with E-state index in [2.05, 4.69) is 22.5 Å². The normalized spacial score (nSPS) is 23.8. The van der Waals surface area contributed by atoms with E-state index in [1.54, 1.807) is 6.07 Å². The number of aliphatic imine (C=N–C) groups is 1. The van der Waals surface area contributed by atoms with Crippen molar-refractivity contribution in [2.75, 3.05) is 44.2 Å². The lowest BCUT2D eigenvalue weighted by Crippen LogP contribution is -2.44. The number of hydrogen-bond acceptors (Lipinski definition) is 4. The third kappa shape index (κ3) is 6.35. The minimum Gasteiger partial charge on any atom is -0.393 e. The fourth-order valence-corrected chi connectivity index (χ4v) is 5.37. The SMILES string of the molecule is CCNC(=NCc1ccc(N2CCC(O)CC2)c(F)c1)NC1CCN(CC2CCCC2)C1. The summed E-state index contributed by atoms with van der Waals surface area (Å²) < 4.78 is 14.8. The van der Waals surface area contributed by atoms with Gasteiger partial charge in [0, 0.05) is 45.3 Å². The largest absolute Gasteiger partial charge is 0.393 e. The molecule has 1 aliphatic carbocycles. The number of hydrogen-bond donors (Lipinski definition) is 3. The van der Waals surface area contributed by atoms with E-state index < -0.39 is 0 Å². The van der Waals surface area contributed by atoms with Gasteiger partial charge in [0.2, 0.25) is 0 Å². The van der Waals surface area contributed by atoms with E-state index in [9.17, 15) is 9.50 Å². The van der Waals surface area contributed by atoms with Gasteiger partial charge in [0.25, 0.3) is 0 Å². The molecule has 1 saturated carbocycles. The monoisotopic (exact) mass is 445 g/mol. The molecule has 0 spiro atoms. The lowest BCUT2D eigenvalue weighted by atomic mass is 10.1. The lowest BCUT2D eigenvalue weighted by molar-refractivity contribution is 0.145. The number of likely N-dealkylation sites (tertiary alicyclic amines) is 1. The molecule has 3 N–H and O–H groups in total. The first-order valence-electron chi connectivity index (χ1n) is 12.6. The highest BCUT2D eigenvalue weighted by atomic mass is 19.1. The molecule has 0 bridgehead atoms. The zero-order chi connectivity index (χ0) is 22.3. The number of benzene rings is 1. The molecule has 1 aromatic rings. The van der Waals surface area contributed by atoms with E-state index in [1.807, 2.05) is 17.0 Å². The van der Waals surface area contributed by atoms with Gasteiger partial charge in [-0.15, -0.1) is 0 Å². The molecule has 32 heavy (non-hydrogen) atoms. The lowest BCUT2D eigenvalue weighted by Gasteiger charge is -2.31. The second kappa shape index (κ2) is 11.3. The van der Waals surface area contributed by atoms with Gasteiger partial charge >= 0.3 is 0 Å². The summed E-state index contributed by atoms with van der Waals surface area (Å²) in [6.45, 7) is 8.20. The average molecular weight is 446 g/mol. The Hall–Kier alpha value is -1.86. The van der Waals surface area contributed by atoms with Crippen LogP contribution in [-0.2, 0) is 6.54 Å². The van der Waals surface area contributed by atoms with Gasteiger partial charge in [-0.05, 0) is 62.6 Å². The Kier molecular flexibility index (Phi) is 8.25. The van der Waals surface area contributed by atoms with Gasteiger partial charge in [0.1, 0.15) is 5.82 Å². The maximum Gasteiger partial charge on any atom is 0.191 e. The maximum absolute atomic E-state index is 14.8. The van der Waals surface area contributed by atoms with Crippen LogP contribution in [0.3, 0.4) is 0 Å². The number of anilines is 1. The Morgan fingerprint density at radius 3 is 2.62 bits per heavy atom. The quantitative estimate of drug-likeness (QED) is 0.445. The molecular weight excluding hydrogens is 405 g/mol. The van der Waals surface area contributed by atoms with Crippen LogP contribution in [0.15, 0.2) is 23.2 Å². The van der Waals surface area contributed by atoms with E-state index >= 15 is 0 Å². The molecule has 4 rings (SSSR count). The average Bonchev–Trinajstić information content (AvgIpc) is 3.46. The molecule has 1 aromatic carbocycles. The second-order valence-corrected chi connectivity index (χ2v) is 9.74. The van der Waals surface area contributed by atoms with E-state index in [-0.39, 0.29) is 11.9 Å². The first-order valence-corrected chi connectivity index (χ1v) is 12.6. The molecule has 6 nitrogen and oxygen atoms in total. The maximum atomic E-state index is 14.8. The Morgan fingerprint density at radius 2 is 1.91 bits per heavy atom.